The van der Waals surface area contributed by atoms with Gasteiger partial charge in [0.15, 0.2) is 5.58 Å². The fourth-order valence-electron chi connectivity index (χ4n) is 2.32. The van der Waals surface area contributed by atoms with E-state index in [-0.39, 0.29) is 5.54 Å². The molecule has 3 heteroatoms. The lowest BCUT2D eigenvalue weighted by atomic mass is 10.0. The summed E-state index contributed by atoms with van der Waals surface area (Å²) in [4.78, 5) is 0. The Kier molecular flexibility index (Phi) is 3.93. The van der Waals surface area contributed by atoms with E-state index in [1.807, 2.05) is 6.07 Å². The first kappa shape index (κ1) is 14.4. The third kappa shape index (κ3) is 2.96. The maximum Gasteiger partial charge on any atom is 0.153 e. The zero-order chi connectivity index (χ0) is 14.2. The second kappa shape index (κ2) is 5.18. The lowest BCUT2D eigenvalue weighted by molar-refractivity contribution is 0.393. The molecule has 0 aliphatic heterocycles. The Morgan fingerprint density at radius 3 is 2.53 bits per heavy atom. The van der Waals surface area contributed by atoms with Gasteiger partial charge in [0.05, 0.1) is 11.6 Å². The van der Waals surface area contributed by atoms with E-state index in [9.17, 15) is 0 Å². The maximum absolute atomic E-state index is 6.25. The Bertz CT molecular complexity index is 593. The van der Waals surface area contributed by atoms with Crippen LogP contribution in [0.5, 0.6) is 0 Å². The van der Waals surface area contributed by atoms with Crippen molar-refractivity contribution in [3.8, 4) is 0 Å². The quantitative estimate of drug-likeness (QED) is 0.869. The molecule has 2 aromatic rings. The van der Waals surface area contributed by atoms with E-state index in [2.05, 4.69) is 46.0 Å². The van der Waals surface area contributed by atoms with Crippen molar-refractivity contribution in [1.82, 2.24) is 5.32 Å². The van der Waals surface area contributed by atoms with Gasteiger partial charge < -0.3 is 9.73 Å². The van der Waals surface area contributed by atoms with Crippen LogP contribution in [0.4, 0.5) is 0 Å². The highest BCUT2D eigenvalue weighted by atomic mass is 35.5. The number of nitrogens with one attached hydrogen (secondary N) is 1. The second-order valence-electron chi connectivity index (χ2n) is 6.03. The van der Waals surface area contributed by atoms with Crippen LogP contribution in [-0.2, 0) is 13.0 Å². The number of furan rings is 1. The molecule has 104 valence electrons. The molecule has 0 aliphatic rings. The van der Waals surface area contributed by atoms with E-state index in [0.717, 1.165) is 24.3 Å². The molecule has 2 nitrogen and oxygen atoms in total. The van der Waals surface area contributed by atoms with Crippen LogP contribution in [0.25, 0.3) is 11.0 Å². The fraction of sp³-hybridized carbons (Fsp3) is 0.500. The molecule has 0 unspecified atom stereocenters. The average Bonchev–Trinajstić information content (AvgIpc) is 2.70. The lowest BCUT2D eigenvalue weighted by Gasteiger charge is -2.19. The molecule has 0 fully saturated rings. The summed E-state index contributed by atoms with van der Waals surface area (Å²) in [6, 6.07) is 3.96. The maximum atomic E-state index is 6.25. The predicted molar refractivity (Wildman–Crippen MR) is 81.9 cm³/mol. The van der Waals surface area contributed by atoms with Gasteiger partial charge in [0.2, 0.25) is 0 Å². The monoisotopic (exact) mass is 279 g/mol. The van der Waals surface area contributed by atoms with Crippen LogP contribution in [0.1, 0.15) is 44.6 Å². The second-order valence-corrected chi connectivity index (χ2v) is 6.44. The van der Waals surface area contributed by atoms with Gasteiger partial charge in [-0.05, 0) is 45.7 Å². The van der Waals surface area contributed by atoms with Crippen molar-refractivity contribution < 1.29 is 4.42 Å². The van der Waals surface area contributed by atoms with E-state index in [4.69, 9.17) is 16.0 Å². The molecule has 0 spiro atoms. The SMILES string of the molecule is CCc1c(CNC(C)(C)C)oc2c(Cl)ccc(C)c12. The number of benzene rings is 1. The van der Waals surface area contributed by atoms with E-state index in [1.54, 1.807) is 0 Å². The molecule has 0 aliphatic carbocycles. The molecule has 1 aromatic carbocycles. The number of fused-ring (bicyclic) bond motifs is 1. The molecule has 0 amide bonds. The van der Waals surface area contributed by atoms with Crippen LogP contribution in [0, 0.1) is 6.92 Å². The minimum Gasteiger partial charge on any atom is -0.458 e. The molecule has 1 heterocycles. The zero-order valence-electron chi connectivity index (χ0n) is 12.4. The summed E-state index contributed by atoms with van der Waals surface area (Å²) in [5, 5.41) is 5.35. The van der Waals surface area contributed by atoms with E-state index >= 15 is 0 Å². The first-order valence-corrected chi connectivity index (χ1v) is 7.15. The highest BCUT2D eigenvalue weighted by Gasteiger charge is 2.18. The summed E-state index contributed by atoms with van der Waals surface area (Å²) in [5.41, 5.74) is 3.39. The van der Waals surface area contributed by atoms with E-state index in [1.165, 1.54) is 16.5 Å². The lowest BCUT2D eigenvalue weighted by Crippen LogP contribution is -2.35. The molecule has 2 rings (SSSR count). The number of aryl methyl sites for hydroxylation is 2. The molecule has 19 heavy (non-hydrogen) atoms. The van der Waals surface area contributed by atoms with E-state index < -0.39 is 0 Å². The summed E-state index contributed by atoms with van der Waals surface area (Å²) in [6.07, 6.45) is 0.954. The Morgan fingerprint density at radius 1 is 1.26 bits per heavy atom. The van der Waals surface area contributed by atoms with Gasteiger partial charge in [-0.2, -0.15) is 0 Å². The Morgan fingerprint density at radius 2 is 1.95 bits per heavy atom. The Balaban J connectivity index is 2.50. The van der Waals surface area contributed by atoms with Crippen molar-refractivity contribution in [2.75, 3.05) is 0 Å². The zero-order valence-corrected chi connectivity index (χ0v) is 13.1. The molecule has 1 N–H and O–H groups in total. The van der Waals surface area contributed by atoms with Crippen molar-refractivity contribution >= 4 is 22.6 Å². The molecule has 1 aromatic heterocycles. The largest absolute Gasteiger partial charge is 0.458 e. The van der Waals surface area contributed by atoms with Crippen LogP contribution in [0.15, 0.2) is 16.5 Å². The van der Waals surface area contributed by atoms with Crippen molar-refractivity contribution in [3.63, 3.8) is 0 Å². The number of halogens is 1. The number of hydrogen-bond acceptors (Lipinski definition) is 2. The van der Waals surface area contributed by atoms with Crippen LogP contribution >= 0.6 is 11.6 Å². The van der Waals surface area contributed by atoms with Crippen LogP contribution < -0.4 is 5.32 Å². The summed E-state index contributed by atoms with van der Waals surface area (Å²) in [7, 11) is 0. The number of rotatable bonds is 3. The molecule has 0 radical (unpaired) electrons. The molecule has 0 saturated heterocycles. The van der Waals surface area contributed by atoms with Gasteiger partial charge in [0, 0.05) is 16.5 Å². The molecular weight excluding hydrogens is 258 g/mol. The minimum absolute atomic E-state index is 0.0722. The van der Waals surface area contributed by atoms with Crippen molar-refractivity contribution in [1.29, 1.82) is 0 Å². The molecule has 0 bridgehead atoms. The Labute approximate surface area is 120 Å². The highest BCUT2D eigenvalue weighted by Crippen LogP contribution is 2.34. The van der Waals surface area contributed by atoms with Crippen LogP contribution in [0.2, 0.25) is 5.02 Å². The molecule has 0 saturated carbocycles. The van der Waals surface area contributed by atoms with Gasteiger partial charge in [-0.15, -0.1) is 0 Å². The summed E-state index contributed by atoms with van der Waals surface area (Å²) in [5.74, 6) is 1.00. The third-order valence-electron chi connectivity index (χ3n) is 3.31. The minimum atomic E-state index is 0.0722. The average molecular weight is 280 g/mol. The smallest absolute Gasteiger partial charge is 0.153 e. The molecule has 0 atom stereocenters. The van der Waals surface area contributed by atoms with Crippen molar-refractivity contribution in [2.45, 2.75) is 53.1 Å². The Hall–Kier alpha value is -0.990. The summed E-state index contributed by atoms with van der Waals surface area (Å²) in [6.45, 7) is 11.5. The van der Waals surface area contributed by atoms with Gasteiger partial charge in [0.25, 0.3) is 0 Å². The van der Waals surface area contributed by atoms with E-state index in [0.29, 0.717) is 5.02 Å². The fourth-order valence-corrected chi connectivity index (χ4v) is 2.51. The number of hydrogen-bond donors (Lipinski definition) is 1. The first-order valence-electron chi connectivity index (χ1n) is 6.78. The van der Waals surface area contributed by atoms with Gasteiger partial charge >= 0.3 is 0 Å². The van der Waals surface area contributed by atoms with Crippen molar-refractivity contribution in [2.24, 2.45) is 0 Å². The van der Waals surface area contributed by atoms with Gasteiger partial charge in [0.1, 0.15) is 5.76 Å². The normalized spacial score (nSPS) is 12.3. The summed E-state index contributed by atoms with van der Waals surface area (Å²) >= 11 is 6.25. The highest BCUT2D eigenvalue weighted by molar-refractivity contribution is 6.35. The topological polar surface area (TPSA) is 25.2 Å². The van der Waals surface area contributed by atoms with Gasteiger partial charge in [-0.25, -0.2) is 0 Å². The summed E-state index contributed by atoms with van der Waals surface area (Å²) < 4.78 is 6.00. The standard InChI is InChI=1S/C16H22ClNO/c1-6-11-13(9-18-16(3,4)5)19-15-12(17)8-7-10(2)14(11)15/h7-8,18H,6,9H2,1-5H3. The van der Waals surface area contributed by atoms with Gasteiger partial charge in [-0.3, -0.25) is 0 Å². The van der Waals surface area contributed by atoms with Crippen LogP contribution in [-0.4, -0.2) is 5.54 Å². The first-order chi connectivity index (χ1) is 8.83. The third-order valence-corrected chi connectivity index (χ3v) is 3.61. The predicted octanol–water partition coefficient (Wildman–Crippen LogP) is 4.85. The van der Waals surface area contributed by atoms with Gasteiger partial charge in [-0.1, -0.05) is 24.6 Å². The van der Waals surface area contributed by atoms with Crippen molar-refractivity contribution in [3.05, 3.63) is 34.0 Å². The van der Waals surface area contributed by atoms with Crippen LogP contribution in [0.3, 0.4) is 0 Å². The molecular formula is C16H22ClNO.